The third-order valence-electron chi connectivity index (χ3n) is 2.23. The van der Waals surface area contributed by atoms with Gasteiger partial charge in [-0.3, -0.25) is 14.9 Å². The highest BCUT2D eigenvalue weighted by Gasteiger charge is 2.19. The summed E-state index contributed by atoms with van der Waals surface area (Å²) < 4.78 is 5.19. The van der Waals surface area contributed by atoms with Crippen molar-refractivity contribution < 1.29 is 19.6 Å². The maximum atomic E-state index is 10.8. The van der Waals surface area contributed by atoms with E-state index in [0.29, 0.717) is 0 Å². The lowest BCUT2D eigenvalue weighted by atomic mass is 10.3. The van der Waals surface area contributed by atoms with Crippen molar-refractivity contribution >= 4 is 34.9 Å². The summed E-state index contributed by atoms with van der Waals surface area (Å²) in [6.07, 6.45) is 0. The number of carbonyl (C=O) groups is 1. The number of non-ortho nitro benzene ring substituents is 1. The van der Waals surface area contributed by atoms with Gasteiger partial charge in [0, 0.05) is 12.1 Å². The number of ether oxygens (including phenoxy) is 1. The Morgan fingerprint density at radius 1 is 1.53 bits per heavy atom. The van der Waals surface area contributed by atoms with Crippen molar-refractivity contribution in [1.82, 2.24) is 5.32 Å². The molecule has 0 saturated carbocycles. The van der Waals surface area contributed by atoms with Crippen LogP contribution in [0.3, 0.4) is 0 Å². The van der Waals surface area contributed by atoms with Crippen LogP contribution in [0, 0.1) is 10.1 Å². The van der Waals surface area contributed by atoms with Gasteiger partial charge in [0.1, 0.15) is 12.6 Å². The first-order valence-electron chi connectivity index (χ1n) is 5.03. The second-order valence-electron chi connectivity index (χ2n) is 3.49. The van der Waals surface area contributed by atoms with E-state index >= 15 is 0 Å². The van der Waals surface area contributed by atoms with E-state index in [1.165, 1.54) is 7.05 Å². The lowest BCUT2D eigenvalue weighted by molar-refractivity contribution is -0.384. The van der Waals surface area contributed by atoms with Gasteiger partial charge in [-0.2, -0.15) is 0 Å². The van der Waals surface area contributed by atoms with Crippen LogP contribution in [0.1, 0.15) is 0 Å². The summed E-state index contributed by atoms with van der Waals surface area (Å²) in [6, 6.07) is 1.22. The number of carboxylic acid groups (broad SMARTS) is 1. The van der Waals surface area contributed by atoms with Crippen molar-refractivity contribution in [2.45, 2.75) is 6.04 Å². The monoisotopic (exact) mass is 308 g/mol. The number of hydrogen-bond donors (Lipinski definition) is 2. The summed E-state index contributed by atoms with van der Waals surface area (Å²) >= 11 is 11.6. The van der Waals surface area contributed by atoms with Crippen LogP contribution in [0.15, 0.2) is 12.1 Å². The van der Waals surface area contributed by atoms with Gasteiger partial charge in [0.2, 0.25) is 0 Å². The molecule has 1 aromatic carbocycles. The van der Waals surface area contributed by atoms with E-state index in [4.69, 9.17) is 33.0 Å². The lowest BCUT2D eigenvalue weighted by Gasteiger charge is -2.14. The van der Waals surface area contributed by atoms with Gasteiger partial charge in [-0.25, -0.2) is 0 Å². The number of halogens is 2. The highest BCUT2D eigenvalue weighted by molar-refractivity contribution is 6.37. The summed E-state index contributed by atoms with van der Waals surface area (Å²) in [7, 11) is 1.46. The van der Waals surface area contributed by atoms with Crippen molar-refractivity contribution in [2.75, 3.05) is 13.7 Å². The number of likely N-dealkylation sites (N-methyl/N-ethyl adjacent to an activating group) is 1. The molecular weight excluding hydrogens is 299 g/mol. The Labute approximate surface area is 118 Å². The molecule has 0 saturated heterocycles. The molecule has 0 bridgehead atoms. The molecule has 0 radical (unpaired) electrons. The van der Waals surface area contributed by atoms with Gasteiger partial charge in [0.05, 0.1) is 15.0 Å². The fourth-order valence-corrected chi connectivity index (χ4v) is 1.82. The van der Waals surface area contributed by atoms with E-state index in [0.717, 1.165) is 12.1 Å². The van der Waals surface area contributed by atoms with E-state index < -0.39 is 16.9 Å². The molecular formula is C10H10Cl2N2O5. The Bertz CT molecular complexity index is 486. The van der Waals surface area contributed by atoms with Gasteiger partial charge >= 0.3 is 5.97 Å². The molecule has 0 aromatic heterocycles. The number of hydrogen-bond acceptors (Lipinski definition) is 5. The van der Waals surface area contributed by atoms with Gasteiger partial charge < -0.3 is 15.2 Å². The fourth-order valence-electron chi connectivity index (χ4n) is 1.23. The Morgan fingerprint density at radius 2 is 2.05 bits per heavy atom. The topological polar surface area (TPSA) is 102 Å². The molecule has 7 nitrogen and oxygen atoms in total. The smallest absolute Gasteiger partial charge is 0.324 e. The maximum Gasteiger partial charge on any atom is 0.324 e. The zero-order valence-corrected chi connectivity index (χ0v) is 11.2. The van der Waals surface area contributed by atoms with Crippen molar-refractivity contribution in [3.8, 4) is 5.75 Å². The minimum absolute atomic E-state index is 0.00966. The van der Waals surface area contributed by atoms with Crippen molar-refractivity contribution in [3.63, 3.8) is 0 Å². The van der Waals surface area contributed by atoms with Gasteiger partial charge in [-0.1, -0.05) is 23.2 Å². The van der Waals surface area contributed by atoms with Crippen LogP contribution >= 0.6 is 23.2 Å². The van der Waals surface area contributed by atoms with Gasteiger partial charge in [0.15, 0.2) is 5.75 Å². The number of rotatable bonds is 6. The van der Waals surface area contributed by atoms with E-state index in [-0.39, 0.29) is 28.1 Å². The summed E-state index contributed by atoms with van der Waals surface area (Å²) in [4.78, 5) is 20.7. The number of aliphatic carboxylic acids is 1. The molecule has 1 atom stereocenters. The number of nitrogens with one attached hydrogen (secondary N) is 1. The third kappa shape index (κ3) is 3.95. The first-order chi connectivity index (χ1) is 8.86. The first kappa shape index (κ1) is 15.5. The SMILES string of the molecule is CNC(COc1c(Cl)cc([N+](=O)[O-])cc1Cl)C(=O)O. The largest absolute Gasteiger partial charge is 0.488 e. The molecule has 104 valence electrons. The number of nitrogens with zero attached hydrogens (tertiary/aromatic N) is 1. The first-order valence-corrected chi connectivity index (χ1v) is 5.78. The second kappa shape index (κ2) is 6.55. The average molecular weight is 309 g/mol. The predicted octanol–water partition coefficient (Wildman–Crippen LogP) is 1.95. The molecule has 1 aromatic rings. The van der Waals surface area contributed by atoms with Crippen molar-refractivity contribution in [3.05, 3.63) is 32.3 Å². The number of nitro groups is 1. The van der Waals surface area contributed by atoms with Crippen LogP contribution in [0.5, 0.6) is 5.75 Å². The summed E-state index contributed by atoms with van der Waals surface area (Å²) in [5, 5.41) is 21.8. The van der Waals surface area contributed by atoms with Gasteiger partial charge in [-0.15, -0.1) is 0 Å². The van der Waals surface area contributed by atoms with Crippen LogP contribution in [0.4, 0.5) is 5.69 Å². The highest BCUT2D eigenvalue weighted by Crippen LogP contribution is 2.36. The molecule has 0 aliphatic carbocycles. The maximum absolute atomic E-state index is 10.8. The van der Waals surface area contributed by atoms with E-state index in [9.17, 15) is 14.9 Å². The Hall–Kier alpha value is -1.57. The van der Waals surface area contributed by atoms with Crippen LogP contribution in [-0.2, 0) is 4.79 Å². The molecule has 19 heavy (non-hydrogen) atoms. The molecule has 1 rings (SSSR count). The van der Waals surface area contributed by atoms with Gasteiger partial charge in [-0.05, 0) is 7.05 Å². The van der Waals surface area contributed by atoms with E-state index in [1.54, 1.807) is 0 Å². The quantitative estimate of drug-likeness (QED) is 0.615. The standard InChI is InChI=1S/C10H10Cl2N2O5/c1-13-8(10(15)16)4-19-9-6(11)2-5(14(17)18)3-7(9)12/h2-3,8,13H,4H2,1H3,(H,15,16). The zero-order chi connectivity index (χ0) is 14.6. The van der Waals surface area contributed by atoms with Gasteiger partial charge in [0.25, 0.3) is 5.69 Å². The summed E-state index contributed by atoms with van der Waals surface area (Å²) in [6.45, 7) is -0.219. The van der Waals surface area contributed by atoms with Crippen LogP contribution in [-0.4, -0.2) is 35.7 Å². The molecule has 0 heterocycles. The minimum Gasteiger partial charge on any atom is -0.488 e. The molecule has 0 aliphatic rings. The zero-order valence-electron chi connectivity index (χ0n) is 9.72. The molecule has 0 spiro atoms. The molecule has 1 unspecified atom stereocenters. The highest BCUT2D eigenvalue weighted by atomic mass is 35.5. The Kier molecular flexibility index (Phi) is 5.34. The van der Waals surface area contributed by atoms with E-state index in [2.05, 4.69) is 5.32 Å². The normalized spacial score (nSPS) is 11.9. The van der Waals surface area contributed by atoms with Crippen LogP contribution in [0.2, 0.25) is 10.0 Å². The molecule has 0 fully saturated rings. The number of benzene rings is 1. The number of carboxylic acids is 1. The minimum atomic E-state index is -1.10. The second-order valence-corrected chi connectivity index (χ2v) is 4.30. The van der Waals surface area contributed by atoms with Crippen molar-refractivity contribution in [1.29, 1.82) is 0 Å². The van der Waals surface area contributed by atoms with E-state index in [1.807, 2.05) is 0 Å². The molecule has 0 aliphatic heterocycles. The van der Waals surface area contributed by atoms with Crippen LogP contribution in [0.25, 0.3) is 0 Å². The Balaban J connectivity index is 2.90. The summed E-state index contributed by atoms with van der Waals surface area (Å²) in [5.41, 5.74) is -0.272. The lowest BCUT2D eigenvalue weighted by Crippen LogP contribution is -2.39. The average Bonchev–Trinajstić information content (AvgIpc) is 2.31. The molecule has 9 heteroatoms. The van der Waals surface area contributed by atoms with Crippen molar-refractivity contribution in [2.24, 2.45) is 0 Å². The number of nitro benzene ring substituents is 1. The summed E-state index contributed by atoms with van der Waals surface area (Å²) in [5.74, 6) is -1.09. The molecule has 0 amide bonds. The third-order valence-corrected chi connectivity index (χ3v) is 2.80. The molecule has 2 N–H and O–H groups in total. The fraction of sp³-hybridized carbons (Fsp3) is 0.300. The van der Waals surface area contributed by atoms with Crippen LogP contribution < -0.4 is 10.1 Å². The Morgan fingerprint density at radius 3 is 2.42 bits per heavy atom. The predicted molar refractivity (Wildman–Crippen MR) is 69.1 cm³/mol.